The highest BCUT2D eigenvalue weighted by molar-refractivity contribution is 6.30. The number of benzene rings is 1. The van der Waals surface area contributed by atoms with Gasteiger partial charge in [0.2, 0.25) is 0 Å². The zero-order chi connectivity index (χ0) is 17.9. The lowest BCUT2D eigenvalue weighted by atomic mass is 10.2. The lowest BCUT2D eigenvalue weighted by Gasteiger charge is -2.04. The maximum Gasteiger partial charge on any atom is 0.131 e. The number of halogens is 1. The first-order valence-electron chi connectivity index (χ1n) is 8.88. The van der Waals surface area contributed by atoms with Crippen molar-refractivity contribution < 1.29 is 0 Å². The van der Waals surface area contributed by atoms with E-state index >= 15 is 0 Å². The molecule has 1 aromatic carbocycles. The maximum absolute atomic E-state index is 6.00. The van der Waals surface area contributed by atoms with Gasteiger partial charge in [0.1, 0.15) is 5.15 Å². The fourth-order valence-electron chi connectivity index (χ4n) is 3.19. The van der Waals surface area contributed by atoms with Crippen LogP contribution in [0.5, 0.6) is 0 Å². The number of aromatic nitrogens is 4. The van der Waals surface area contributed by atoms with Crippen molar-refractivity contribution >= 4 is 22.4 Å². The highest BCUT2D eigenvalue weighted by Gasteiger charge is 2.05. The van der Waals surface area contributed by atoms with E-state index in [2.05, 4.69) is 62.0 Å². The predicted molar refractivity (Wildman–Crippen MR) is 106 cm³/mol. The van der Waals surface area contributed by atoms with Crippen LogP contribution in [0.1, 0.15) is 18.4 Å². The van der Waals surface area contributed by atoms with Crippen LogP contribution >= 0.6 is 11.6 Å². The second-order valence-corrected chi connectivity index (χ2v) is 7.02. The first-order chi connectivity index (χ1) is 12.7. The zero-order valence-electron chi connectivity index (χ0n) is 14.8. The molecule has 0 radical (unpaired) electrons. The van der Waals surface area contributed by atoms with Crippen molar-refractivity contribution in [3.63, 3.8) is 0 Å². The van der Waals surface area contributed by atoms with E-state index in [1.807, 2.05) is 19.3 Å². The third-order valence-electron chi connectivity index (χ3n) is 4.63. The van der Waals surface area contributed by atoms with Gasteiger partial charge in [-0.1, -0.05) is 35.9 Å². The van der Waals surface area contributed by atoms with Crippen LogP contribution in [0.3, 0.4) is 0 Å². The van der Waals surface area contributed by atoms with E-state index in [4.69, 9.17) is 11.6 Å². The van der Waals surface area contributed by atoms with Crippen molar-refractivity contribution in [1.29, 1.82) is 0 Å². The molecule has 5 heteroatoms. The molecular formula is C21H21ClN4. The molecule has 0 aliphatic heterocycles. The summed E-state index contributed by atoms with van der Waals surface area (Å²) in [5.74, 6) is 0. The molecule has 4 aromatic rings. The Labute approximate surface area is 158 Å². The van der Waals surface area contributed by atoms with Gasteiger partial charge in [-0.05, 0) is 42.2 Å². The van der Waals surface area contributed by atoms with Gasteiger partial charge in [-0.15, -0.1) is 0 Å². The summed E-state index contributed by atoms with van der Waals surface area (Å²) in [6, 6.07) is 10.5. The molecule has 0 N–H and O–H groups in total. The monoisotopic (exact) mass is 364 g/mol. The summed E-state index contributed by atoms with van der Waals surface area (Å²) in [6.07, 6.45) is 12.4. The summed E-state index contributed by atoms with van der Waals surface area (Å²) in [5, 5.41) is 3.16. The fourth-order valence-corrected chi connectivity index (χ4v) is 3.29. The molecule has 3 heterocycles. The number of pyridine rings is 1. The lowest BCUT2D eigenvalue weighted by molar-refractivity contribution is 0.555. The number of nitrogens with zero attached hydrogens (tertiary/aromatic N) is 4. The number of fused-ring (bicyclic) bond motifs is 1. The Kier molecular flexibility index (Phi) is 4.76. The third-order valence-corrected chi connectivity index (χ3v) is 5.03. The molecule has 3 aromatic heterocycles. The van der Waals surface area contributed by atoms with Gasteiger partial charge in [0.25, 0.3) is 0 Å². The standard InChI is InChI=1S/C21H21ClN4/c1-16-10-19(11-23-21(16)22)20-14-26(15-24-20)9-5-4-8-25-12-17-6-2-3-7-18(17)13-25/h2-3,6-7,10-15H,4-5,8-9H2,1H3. The molecule has 0 fully saturated rings. The molecule has 0 aliphatic carbocycles. The minimum atomic E-state index is 0.547. The Morgan fingerprint density at radius 2 is 1.62 bits per heavy atom. The van der Waals surface area contributed by atoms with Crippen LogP contribution in [0.15, 0.2) is 61.4 Å². The maximum atomic E-state index is 6.00. The average molecular weight is 365 g/mol. The molecule has 4 nitrogen and oxygen atoms in total. The Balaban J connectivity index is 1.32. The van der Waals surface area contributed by atoms with E-state index in [1.165, 1.54) is 10.8 Å². The first-order valence-corrected chi connectivity index (χ1v) is 9.26. The van der Waals surface area contributed by atoms with Crippen molar-refractivity contribution in [3.05, 3.63) is 72.2 Å². The number of hydrogen-bond acceptors (Lipinski definition) is 2. The van der Waals surface area contributed by atoms with E-state index in [0.717, 1.165) is 42.8 Å². The molecule has 0 bridgehead atoms. The molecule has 0 saturated carbocycles. The van der Waals surface area contributed by atoms with Crippen LogP contribution < -0.4 is 0 Å². The lowest BCUT2D eigenvalue weighted by Crippen LogP contribution is -1.98. The van der Waals surface area contributed by atoms with Gasteiger partial charge in [-0.25, -0.2) is 9.97 Å². The zero-order valence-corrected chi connectivity index (χ0v) is 15.5. The Morgan fingerprint density at radius 1 is 0.923 bits per heavy atom. The van der Waals surface area contributed by atoms with Crippen LogP contribution in [0.4, 0.5) is 0 Å². The van der Waals surface area contributed by atoms with E-state index in [0.29, 0.717) is 5.15 Å². The topological polar surface area (TPSA) is 35.6 Å². The van der Waals surface area contributed by atoms with Crippen molar-refractivity contribution in [2.75, 3.05) is 0 Å². The largest absolute Gasteiger partial charge is 0.353 e. The second kappa shape index (κ2) is 7.34. The van der Waals surface area contributed by atoms with E-state index < -0.39 is 0 Å². The Morgan fingerprint density at radius 3 is 2.31 bits per heavy atom. The molecule has 4 rings (SSSR count). The number of unbranched alkanes of at least 4 members (excludes halogenated alkanes) is 1. The normalized spacial score (nSPS) is 11.3. The summed E-state index contributed by atoms with van der Waals surface area (Å²) in [5.41, 5.74) is 2.91. The Bertz CT molecular complexity index is 998. The third kappa shape index (κ3) is 3.65. The van der Waals surface area contributed by atoms with Gasteiger partial charge in [-0.2, -0.15) is 0 Å². The molecule has 0 spiro atoms. The summed E-state index contributed by atoms with van der Waals surface area (Å²) in [6.45, 7) is 3.96. The summed E-state index contributed by atoms with van der Waals surface area (Å²) < 4.78 is 4.43. The Hall–Kier alpha value is -2.59. The van der Waals surface area contributed by atoms with Crippen LogP contribution in [-0.2, 0) is 13.1 Å². The fraction of sp³-hybridized carbons (Fsp3) is 0.238. The first kappa shape index (κ1) is 16.9. The van der Waals surface area contributed by atoms with Crippen molar-refractivity contribution in [2.24, 2.45) is 0 Å². The van der Waals surface area contributed by atoms with Crippen molar-refractivity contribution in [2.45, 2.75) is 32.9 Å². The molecule has 0 amide bonds. The van der Waals surface area contributed by atoms with Crippen molar-refractivity contribution in [1.82, 2.24) is 19.1 Å². The molecule has 132 valence electrons. The van der Waals surface area contributed by atoms with Gasteiger partial charge < -0.3 is 9.13 Å². The van der Waals surface area contributed by atoms with E-state index in [1.54, 1.807) is 6.20 Å². The van der Waals surface area contributed by atoms with Crippen LogP contribution in [-0.4, -0.2) is 19.1 Å². The minimum Gasteiger partial charge on any atom is -0.353 e. The quantitative estimate of drug-likeness (QED) is 0.342. The number of imidazole rings is 1. The summed E-state index contributed by atoms with van der Waals surface area (Å²) in [4.78, 5) is 8.70. The second-order valence-electron chi connectivity index (χ2n) is 6.66. The smallest absolute Gasteiger partial charge is 0.131 e. The average Bonchev–Trinajstić information content (AvgIpc) is 3.27. The minimum absolute atomic E-state index is 0.547. The predicted octanol–water partition coefficient (Wildman–Crippen LogP) is 5.34. The highest BCUT2D eigenvalue weighted by atomic mass is 35.5. The molecule has 0 atom stereocenters. The summed E-state index contributed by atoms with van der Waals surface area (Å²) in [7, 11) is 0. The molecular weight excluding hydrogens is 344 g/mol. The van der Waals surface area contributed by atoms with Crippen molar-refractivity contribution in [3.8, 4) is 11.3 Å². The van der Waals surface area contributed by atoms with Crippen LogP contribution in [0.25, 0.3) is 22.0 Å². The number of hydrogen-bond donors (Lipinski definition) is 0. The van der Waals surface area contributed by atoms with E-state index in [9.17, 15) is 0 Å². The molecule has 26 heavy (non-hydrogen) atoms. The van der Waals surface area contributed by atoms with Gasteiger partial charge in [-0.3, -0.25) is 0 Å². The van der Waals surface area contributed by atoms with Crippen LogP contribution in [0, 0.1) is 6.92 Å². The summed E-state index contributed by atoms with van der Waals surface area (Å²) >= 11 is 6.00. The van der Waals surface area contributed by atoms with E-state index in [-0.39, 0.29) is 0 Å². The highest BCUT2D eigenvalue weighted by Crippen LogP contribution is 2.21. The molecule has 0 saturated heterocycles. The van der Waals surface area contributed by atoms with Gasteiger partial charge >= 0.3 is 0 Å². The molecule has 0 unspecified atom stereocenters. The van der Waals surface area contributed by atoms with Crippen LogP contribution in [0.2, 0.25) is 5.15 Å². The SMILES string of the molecule is Cc1cc(-c2cn(CCCCn3cc4ccccc4c3)cn2)cnc1Cl. The van der Waals surface area contributed by atoms with Gasteiger partial charge in [0.05, 0.1) is 12.0 Å². The number of aryl methyl sites for hydroxylation is 3. The van der Waals surface area contributed by atoms with Gasteiger partial charge in [0.15, 0.2) is 0 Å². The number of rotatable bonds is 6. The van der Waals surface area contributed by atoms with Gasteiger partial charge in [0, 0.05) is 43.4 Å². The molecule has 0 aliphatic rings.